The molecule has 0 aromatic heterocycles. The zero-order chi connectivity index (χ0) is 21.2. The molecule has 5 nitrogen and oxygen atoms in total. The van der Waals surface area contributed by atoms with Crippen molar-refractivity contribution in [2.45, 2.75) is 4.90 Å². The van der Waals surface area contributed by atoms with Crippen LogP contribution in [0.25, 0.3) is 5.57 Å². The van der Waals surface area contributed by atoms with Crippen molar-refractivity contribution in [1.29, 1.82) is 0 Å². The molecule has 0 heterocycles. The van der Waals surface area contributed by atoms with E-state index in [0.717, 1.165) is 22.5 Å². The van der Waals surface area contributed by atoms with Gasteiger partial charge in [0, 0.05) is 37.5 Å². The first-order valence-electron chi connectivity index (χ1n) is 9.16. The first-order chi connectivity index (χ1) is 13.7. The minimum absolute atomic E-state index is 0.220. The Bertz CT molecular complexity index is 1150. The highest BCUT2D eigenvalue weighted by atomic mass is 32.2. The van der Waals surface area contributed by atoms with Crippen molar-refractivity contribution in [3.63, 3.8) is 0 Å². The smallest absolute Gasteiger partial charge is 0.199 e. The standard InChI is InChI=1S/C23H24N2O3S/c1-24(2)19-14-12-17(13-15-19)23(18-8-7-9-20(16-18)25(3)4)21-10-5-6-11-22(21)29(26,27)28/h5-16H,1-4H3. The summed E-state index contributed by atoms with van der Waals surface area (Å²) in [5.41, 5.74) is 4.78. The average molecular weight is 409 g/mol. The van der Waals surface area contributed by atoms with Crippen LogP contribution in [0.5, 0.6) is 0 Å². The lowest BCUT2D eigenvalue weighted by Gasteiger charge is -2.20. The number of benzene rings is 2. The predicted molar refractivity (Wildman–Crippen MR) is 117 cm³/mol. The lowest BCUT2D eigenvalue weighted by atomic mass is 9.90. The maximum atomic E-state index is 12.0. The van der Waals surface area contributed by atoms with Gasteiger partial charge < -0.3 is 9.45 Å². The van der Waals surface area contributed by atoms with Crippen LogP contribution in [0, 0.1) is 0 Å². The molecular weight excluding hydrogens is 384 g/mol. The van der Waals surface area contributed by atoms with Crippen molar-refractivity contribution in [3.8, 4) is 0 Å². The van der Waals surface area contributed by atoms with E-state index in [-0.39, 0.29) is 4.90 Å². The molecule has 1 aliphatic carbocycles. The lowest BCUT2D eigenvalue weighted by molar-refractivity contribution is -0.462. The van der Waals surface area contributed by atoms with Gasteiger partial charge >= 0.3 is 0 Å². The summed E-state index contributed by atoms with van der Waals surface area (Å²) in [6.45, 7) is 0. The van der Waals surface area contributed by atoms with Gasteiger partial charge in [0.1, 0.15) is 24.2 Å². The van der Waals surface area contributed by atoms with E-state index in [1.165, 1.54) is 6.07 Å². The van der Waals surface area contributed by atoms with Crippen molar-refractivity contribution >= 4 is 27.1 Å². The third-order valence-electron chi connectivity index (χ3n) is 4.75. The van der Waals surface area contributed by atoms with Gasteiger partial charge in [0.05, 0.1) is 4.90 Å². The van der Waals surface area contributed by atoms with Crippen LogP contribution >= 0.6 is 0 Å². The highest BCUT2D eigenvalue weighted by Crippen LogP contribution is 2.34. The zero-order valence-corrected chi connectivity index (χ0v) is 17.8. The molecule has 3 rings (SSSR count). The van der Waals surface area contributed by atoms with Crippen molar-refractivity contribution in [2.24, 2.45) is 0 Å². The molecule has 0 radical (unpaired) electrons. The van der Waals surface area contributed by atoms with Crippen LogP contribution in [-0.2, 0) is 10.1 Å². The maximum Gasteiger partial charge on any atom is 0.199 e. The van der Waals surface area contributed by atoms with Gasteiger partial charge in [0.25, 0.3) is 0 Å². The molecule has 0 amide bonds. The van der Waals surface area contributed by atoms with Crippen LogP contribution in [0.3, 0.4) is 0 Å². The van der Waals surface area contributed by atoms with Crippen LogP contribution in [0.2, 0.25) is 0 Å². The summed E-state index contributed by atoms with van der Waals surface area (Å²) in [4.78, 5) is 1.76. The Morgan fingerprint density at radius 3 is 2.17 bits per heavy atom. The Morgan fingerprint density at radius 2 is 1.59 bits per heavy atom. The number of hydrogen-bond donors (Lipinski definition) is 0. The number of rotatable bonds is 4. The minimum atomic E-state index is -4.63. The van der Waals surface area contributed by atoms with Gasteiger partial charge in [-0.3, -0.25) is 0 Å². The molecule has 0 spiro atoms. The topological polar surface area (TPSA) is 63.5 Å². The van der Waals surface area contributed by atoms with Gasteiger partial charge in [-0.25, -0.2) is 13.0 Å². The molecule has 2 aromatic rings. The Hall–Kier alpha value is -2.96. The van der Waals surface area contributed by atoms with Crippen molar-refractivity contribution in [2.75, 3.05) is 33.1 Å². The summed E-state index contributed by atoms with van der Waals surface area (Å²) < 4.78 is 37.9. The van der Waals surface area contributed by atoms with Gasteiger partial charge in [-0.05, 0) is 47.1 Å². The largest absolute Gasteiger partial charge is 0.744 e. The second kappa shape index (κ2) is 8.19. The fourth-order valence-corrected chi connectivity index (χ4v) is 3.92. The number of anilines is 1. The Kier molecular flexibility index (Phi) is 5.86. The van der Waals surface area contributed by atoms with Crippen LogP contribution < -0.4 is 4.90 Å². The molecule has 0 bridgehead atoms. The molecule has 1 aliphatic rings. The van der Waals surface area contributed by atoms with Crippen molar-refractivity contribution < 1.29 is 17.5 Å². The van der Waals surface area contributed by atoms with Crippen molar-refractivity contribution in [1.82, 2.24) is 0 Å². The molecule has 0 N–H and O–H groups in total. The molecule has 0 saturated carbocycles. The van der Waals surface area contributed by atoms with Gasteiger partial charge in [0.15, 0.2) is 5.71 Å². The van der Waals surface area contributed by atoms with Gasteiger partial charge in [-0.15, -0.1) is 0 Å². The fourth-order valence-electron chi connectivity index (χ4n) is 3.23. The maximum absolute atomic E-state index is 12.0. The monoisotopic (exact) mass is 408 g/mol. The van der Waals surface area contributed by atoms with E-state index in [1.54, 1.807) is 18.2 Å². The van der Waals surface area contributed by atoms with Gasteiger partial charge in [-0.1, -0.05) is 30.3 Å². The van der Waals surface area contributed by atoms with E-state index in [2.05, 4.69) is 0 Å². The molecular formula is C23H24N2O3S. The highest BCUT2D eigenvalue weighted by Gasteiger charge is 2.18. The normalized spacial score (nSPS) is 13.6. The zero-order valence-electron chi connectivity index (χ0n) is 17.0. The van der Waals surface area contributed by atoms with Crippen LogP contribution in [-0.4, -0.2) is 51.4 Å². The number of nitrogens with zero attached hydrogens (tertiary/aromatic N) is 2. The van der Waals surface area contributed by atoms with Crippen molar-refractivity contribution in [3.05, 3.63) is 89.5 Å². The van der Waals surface area contributed by atoms with Crippen LogP contribution in [0.1, 0.15) is 11.1 Å². The van der Waals surface area contributed by atoms with E-state index in [0.29, 0.717) is 11.1 Å². The Balaban J connectivity index is 2.33. The summed E-state index contributed by atoms with van der Waals surface area (Å²) in [5.74, 6) is 0. The predicted octanol–water partition coefficient (Wildman–Crippen LogP) is 3.30. The minimum Gasteiger partial charge on any atom is -0.744 e. The molecule has 6 heteroatoms. The Morgan fingerprint density at radius 1 is 0.931 bits per heavy atom. The third-order valence-corrected chi connectivity index (χ3v) is 5.64. The van der Waals surface area contributed by atoms with E-state index in [1.807, 2.05) is 86.2 Å². The van der Waals surface area contributed by atoms with Gasteiger partial charge in [-0.2, -0.15) is 0 Å². The van der Waals surface area contributed by atoms with E-state index >= 15 is 0 Å². The molecule has 0 unspecified atom stereocenters. The highest BCUT2D eigenvalue weighted by molar-refractivity contribution is 7.85. The summed E-state index contributed by atoms with van der Waals surface area (Å²) in [7, 11) is 3.17. The number of hydrogen-bond acceptors (Lipinski definition) is 4. The average Bonchev–Trinajstić information content (AvgIpc) is 2.68. The van der Waals surface area contributed by atoms with Crippen LogP contribution in [0.4, 0.5) is 5.69 Å². The molecule has 0 atom stereocenters. The summed E-state index contributed by atoms with van der Waals surface area (Å²) in [5, 5.41) is 0. The van der Waals surface area contributed by atoms with Crippen LogP contribution in [0.15, 0.2) is 83.3 Å². The second-order valence-electron chi connectivity index (χ2n) is 7.21. The molecule has 0 saturated heterocycles. The number of allylic oxidation sites excluding steroid dienone is 5. The first kappa shape index (κ1) is 20.8. The first-order valence-corrected chi connectivity index (χ1v) is 10.6. The molecule has 29 heavy (non-hydrogen) atoms. The SMILES string of the molecule is CN(C)c1cccc(C(=C2C=CC(=[N+](C)C)C=C2)c2ccccc2S(=O)(=O)[O-])c1. The molecule has 0 fully saturated rings. The van der Waals surface area contributed by atoms with E-state index in [9.17, 15) is 13.0 Å². The Labute approximate surface area is 172 Å². The molecule has 0 aliphatic heterocycles. The fraction of sp³-hybridized carbons (Fsp3) is 0.174. The third kappa shape index (κ3) is 4.55. The molecule has 2 aromatic carbocycles. The second-order valence-corrected chi connectivity index (χ2v) is 8.56. The van der Waals surface area contributed by atoms with E-state index in [4.69, 9.17) is 0 Å². The quantitative estimate of drug-likeness (QED) is 0.575. The summed E-state index contributed by atoms with van der Waals surface area (Å²) in [6.07, 6.45) is 7.83. The lowest BCUT2D eigenvalue weighted by Crippen LogP contribution is -2.11. The summed E-state index contributed by atoms with van der Waals surface area (Å²) in [6, 6.07) is 14.2. The van der Waals surface area contributed by atoms with Gasteiger partial charge in [0.2, 0.25) is 0 Å². The van der Waals surface area contributed by atoms with E-state index < -0.39 is 10.1 Å². The molecule has 150 valence electrons. The summed E-state index contributed by atoms with van der Waals surface area (Å²) >= 11 is 0.